The van der Waals surface area contributed by atoms with Crippen LogP contribution in [-0.2, 0) is 19.1 Å². The van der Waals surface area contributed by atoms with Crippen LogP contribution in [0.25, 0.3) is 0 Å². The van der Waals surface area contributed by atoms with Crippen molar-refractivity contribution in [2.24, 2.45) is 5.92 Å². The molecular formula is C9H15NO4. The third kappa shape index (κ3) is 2.45. The van der Waals surface area contributed by atoms with Crippen LogP contribution in [0.5, 0.6) is 0 Å². The van der Waals surface area contributed by atoms with E-state index in [9.17, 15) is 9.59 Å². The Bertz CT molecular complexity index is 240. The fraction of sp³-hybridized carbons (Fsp3) is 0.778. The molecule has 0 aromatic rings. The van der Waals surface area contributed by atoms with Gasteiger partial charge in [-0.3, -0.25) is 9.59 Å². The number of carbonyl (C=O) groups excluding carboxylic acids is 2. The Balaban J connectivity index is 2.71. The van der Waals surface area contributed by atoms with Crippen LogP contribution in [0.1, 0.15) is 13.8 Å². The second kappa shape index (κ2) is 3.57. The van der Waals surface area contributed by atoms with Crippen LogP contribution in [0.2, 0.25) is 0 Å². The van der Waals surface area contributed by atoms with Gasteiger partial charge in [-0.05, 0) is 14.1 Å². The Morgan fingerprint density at radius 2 is 1.64 bits per heavy atom. The lowest BCUT2D eigenvalue weighted by atomic mass is 10.1. The first-order valence-electron chi connectivity index (χ1n) is 4.42. The first kappa shape index (κ1) is 11.0. The standard InChI is InChI=1S/C9H15NO4/c1-9(2)13-7(11)6(5-10(3)4)8(12)14-9/h6H,5H2,1-4H3. The van der Waals surface area contributed by atoms with Crippen molar-refractivity contribution in [1.82, 2.24) is 4.90 Å². The number of rotatable bonds is 2. The molecule has 0 aliphatic carbocycles. The molecule has 0 spiro atoms. The zero-order valence-corrected chi connectivity index (χ0v) is 8.86. The maximum absolute atomic E-state index is 11.4. The molecule has 0 radical (unpaired) electrons. The van der Waals surface area contributed by atoms with Crippen LogP contribution >= 0.6 is 0 Å². The summed E-state index contributed by atoms with van der Waals surface area (Å²) >= 11 is 0. The summed E-state index contributed by atoms with van der Waals surface area (Å²) in [7, 11) is 3.56. The van der Waals surface area contributed by atoms with Crippen molar-refractivity contribution >= 4 is 11.9 Å². The Morgan fingerprint density at radius 1 is 1.21 bits per heavy atom. The molecule has 0 aromatic carbocycles. The van der Waals surface area contributed by atoms with Gasteiger partial charge in [-0.1, -0.05) is 0 Å². The predicted molar refractivity (Wildman–Crippen MR) is 48.3 cm³/mol. The molecule has 0 unspecified atom stereocenters. The molecule has 0 atom stereocenters. The molecule has 1 aliphatic rings. The van der Waals surface area contributed by atoms with E-state index >= 15 is 0 Å². The Morgan fingerprint density at radius 3 is 2.00 bits per heavy atom. The van der Waals surface area contributed by atoms with Gasteiger partial charge in [0.25, 0.3) is 5.79 Å². The minimum Gasteiger partial charge on any atom is -0.422 e. The Labute approximate surface area is 83.0 Å². The zero-order valence-electron chi connectivity index (χ0n) is 8.86. The van der Waals surface area contributed by atoms with Gasteiger partial charge in [-0.25, -0.2) is 0 Å². The lowest BCUT2D eigenvalue weighted by Crippen LogP contribution is -2.49. The van der Waals surface area contributed by atoms with E-state index in [-0.39, 0.29) is 0 Å². The summed E-state index contributed by atoms with van der Waals surface area (Å²) in [6.45, 7) is 3.39. The summed E-state index contributed by atoms with van der Waals surface area (Å²) in [6, 6.07) is 0. The van der Waals surface area contributed by atoms with Crippen LogP contribution in [0.4, 0.5) is 0 Å². The molecule has 14 heavy (non-hydrogen) atoms. The molecule has 1 aliphatic heterocycles. The quantitative estimate of drug-likeness (QED) is 0.465. The van der Waals surface area contributed by atoms with Crippen molar-refractivity contribution < 1.29 is 19.1 Å². The summed E-state index contributed by atoms with van der Waals surface area (Å²) in [5.41, 5.74) is 0. The third-order valence-corrected chi connectivity index (χ3v) is 1.81. The summed E-state index contributed by atoms with van der Waals surface area (Å²) in [6.07, 6.45) is 0. The van der Waals surface area contributed by atoms with Gasteiger partial charge in [0.1, 0.15) is 0 Å². The molecule has 1 fully saturated rings. The molecule has 0 saturated carbocycles. The van der Waals surface area contributed by atoms with Gasteiger partial charge in [0.15, 0.2) is 5.92 Å². The largest absolute Gasteiger partial charge is 0.422 e. The second-order valence-corrected chi connectivity index (χ2v) is 4.06. The van der Waals surface area contributed by atoms with E-state index in [1.54, 1.807) is 19.0 Å². The van der Waals surface area contributed by atoms with Gasteiger partial charge in [0.2, 0.25) is 0 Å². The van der Waals surface area contributed by atoms with Gasteiger partial charge < -0.3 is 14.4 Å². The highest BCUT2D eigenvalue weighted by Gasteiger charge is 2.43. The SMILES string of the molecule is CN(C)CC1C(=O)OC(C)(C)OC1=O. The van der Waals surface area contributed by atoms with Crippen molar-refractivity contribution in [1.29, 1.82) is 0 Å². The van der Waals surface area contributed by atoms with Crippen molar-refractivity contribution in [3.63, 3.8) is 0 Å². The van der Waals surface area contributed by atoms with E-state index in [2.05, 4.69) is 0 Å². The number of ether oxygens (including phenoxy) is 2. The van der Waals surface area contributed by atoms with Crippen molar-refractivity contribution in [2.45, 2.75) is 19.6 Å². The first-order valence-corrected chi connectivity index (χ1v) is 4.42. The first-order chi connectivity index (χ1) is 6.32. The van der Waals surface area contributed by atoms with Gasteiger partial charge in [-0.2, -0.15) is 0 Å². The van der Waals surface area contributed by atoms with E-state index in [4.69, 9.17) is 9.47 Å². The number of nitrogens with zero attached hydrogens (tertiary/aromatic N) is 1. The Hall–Kier alpha value is -1.10. The predicted octanol–water partition coefficient (Wildman–Crippen LogP) is 0.000300. The van der Waals surface area contributed by atoms with E-state index in [1.165, 1.54) is 13.8 Å². The van der Waals surface area contributed by atoms with Gasteiger partial charge >= 0.3 is 11.9 Å². The summed E-state index contributed by atoms with van der Waals surface area (Å²) in [4.78, 5) is 24.6. The summed E-state index contributed by atoms with van der Waals surface area (Å²) in [5.74, 6) is -2.98. The third-order valence-electron chi connectivity index (χ3n) is 1.81. The normalized spacial score (nSPS) is 22.1. The van der Waals surface area contributed by atoms with Gasteiger partial charge in [-0.15, -0.1) is 0 Å². The number of hydrogen-bond acceptors (Lipinski definition) is 5. The molecule has 0 aromatic heterocycles. The number of esters is 2. The van der Waals surface area contributed by atoms with Crippen LogP contribution in [0, 0.1) is 5.92 Å². The van der Waals surface area contributed by atoms with E-state index < -0.39 is 23.6 Å². The van der Waals surface area contributed by atoms with Gasteiger partial charge in [0.05, 0.1) is 0 Å². The highest BCUT2D eigenvalue weighted by Crippen LogP contribution is 2.23. The molecule has 1 saturated heterocycles. The minimum atomic E-state index is -1.13. The fourth-order valence-electron chi connectivity index (χ4n) is 1.26. The zero-order chi connectivity index (χ0) is 10.9. The number of cyclic esters (lactones) is 2. The smallest absolute Gasteiger partial charge is 0.324 e. The number of hydrogen-bond donors (Lipinski definition) is 0. The number of carbonyl (C=O) groups is 2. The van der Waals surface area contributed by atoms with Gasteiger partial charge in [0, 0.05) is 20.4 Å². The minimum absolute atomic E-state index is 0.313. The lowest BCUT2D eigenvalue weighted by molar-refractivity contribution is -0.240. The van der Waals surface area contributed by atoms with E-state index in [0.29, 0.717) is 6.54 Å². The average molecular weight is 201 g/mol. The molecule has 80 valence electrons. The van der Waals surface area contributed by atoms with Crippen molar-refractivity contribution in [3.8, 4) is 0 Å². The van der Waals surface area contributed by atoms with Crippen LogP contribution < -0.4 is 0 Å². The Kier molecular flexibility index (Phi) is 2.80. The van der Waals surface area contributed by atoms with Crippen LogP contribution in [0.3, 0.4) is 0 Å². The van der Waals surface area contributed by atoms with Crippen molar-refractivity contribution in [2.75, 3.05) is 20.6 Å². The molecule has 5 nitrogen and oxygen atoms in total. The monoisotopic (exact) mass is 201 g/mol. The van der Waals surface area contributed by atoms with Crippen LogP contribution in [0.15, 0.2) is 0 Å². The highest BCUT2D eigenvalue weighted by molar-refractivity contribution is 5.96. The summed E-state index contributed by atoms with van der Waals surface area (Å²) < 4.78 is 9.90. The topological polar surface area (TPSA) is 55.8 Å². The molecule has 1 heterocycles. The second-order valence-electron chi connectivity index (χ2n) is 4.06. The molecule has 0 bridgehead atoms. The lowest BCUT2D eigenvalue weighted by Gasteiger charge is -2.33. The van der Waals surface area contributed by atoms with Crippen molar-refractivity contribution in [3.05, 3.63) is 0 Å². The molecule has 5 heteroatoms. The van der Waals surface area contributed by atoms with E-state index in [0.717, 1.165) is 0 Å². The van der Waals surface area contributed by atoms with Crippen LogP contribution in [-0.4, -0.2) is 43.3 Å². The summed E-state index contributed by atoms with van der Waals surface area (Å²) in [5, 5.41) is 0. The molecule has 0 amide bonds. The molecule has 1 rings (SSSR count). The maximum Gasteiger partial charge on any atom is 0.324 e. The highest BCUT2D eigenvalue weighted by atomic mass is 16.7. The molecule has 0 N–H and O–H groups in total. The average Bonchev–Trinajstić information content (AvgIpc) is 1.94. The molecular weight excluding hydrogens is 186 g/mol. The van der Waals surface area contributed by atoms with E-state index in [1.807, 2.05) is 0 Å². The fourth-order valence-corrected chi connectivity index (χ4v) is 1.26. The maximum atomic E-state index is 11.4.